The highest BCUT2D eigenvalue weighted by Crippen LogP contribution is 2.31. The second-order valence-corrected chi connectivity index (χ2v) is 3.79. The maximum absolute atomic E-state index is 5.69. The van der Waals surface area contributed by atoms with Crippen LogP contribution in [-0.4, -0.2) is 28.6 Å². The van der Waals surface area contributed by atoms with Gasteiger partial charge in [0.1, 0.15) is 12.1 Å². The van der Waals surface area contributed by atoms with Crippen molar-refractivity contribution < 1.29 is 0 Å². The quantitative estimate of drug-likeness (QED) is 0.766. The molecule has 4 nitrogen and oxygen atoms in total. The lowest BCUT2D eigenvalue weighted by molar-refractivity contribution is 0.629. The summed E-state index contributed by atoms with van der Waals surface area (Å²) < 4.78 is 0. The molecular weight excluding hydrogens is 176 g/mol. The minimum Gasteiger partial charge on any atom is -0.350 e. The van der Waals surface area contributed by atoms with E-state index in [4.69, 9.17) is 5.73 Å². The van der Waals surface area contributed by atoms with Gasteiger partial charge in [-0.3, -0.25) is 0 Å². The molecule has 76 valence electrons. The van der Waals surface area contributed by atoms with Gasteiger partial charge < -0.3 is 10.6 Å². The van der Waals surface area contributed by atoms with Crippen LogP contribution in [0.5, 0.6) is 0 Å². The number of aromatic nitrogens is 2. The van der Waals surface area contributed by atoms with Crippen molar-refractivity contribution in [2.45, 2.75) is 31.8 Å². The smallest absolute Gasteiger partial charge is 0.132 e. The summed E-state index contributed by atoms with van der Waals surface area (Å²) in [7, 11) is 0. The fraction of sp³-hybridized carbons (Fsp3) is 0.600. The Morgan fingerprint density at radius 1 is 1.64 bits per heavy atom. The normalized spacial score (nSPS) is 17.9. The zero-order chi connectivity index (χ0) is 9.97. The van der Waals surface area contributed by atoms with Crippen LogP contribution < -0.4 is 10.6 Å². The molecule has 1 aromatic heterocycles. The molecular formula is C10H16N4. The van der Waals surface area contributed by atoms with Gasteiger partial charge in [0.05, 0.1) is 0 Å². The Hall–Kier alpha value is -1.16. The van der Waals surface area contributed by atoms with E-state index in [0.717, 1.165) is 5.82 Å². The third-order valence-corrected chi connectivity index (χ3v) is 2.59. The number of nitrogens with zero attached hydrogens (tertiary/aromatic N) is 3. The molecule has 1 aliphatic carbocycles. The van der Waals surface area contributed by atoms with Gasteiger partial charge in [0.2, 0.25) is 0 Å². The summed E-state index contributed by atoms with van der Waals surface area (Å²) >= 11 is 0. The van der Waals surface area contributed by atoms with E-state index >= 15 is 0 Å². The van der Waals surface area contributed by atoms with Gasteiger partial charge in [0, 0.05) is 24.8 Å². The van der Waals surface area contributed by atoms with Crippen LogP contribution in [0.4, 0.5) is 5.82 Å². The first-order chi connectivity index (χ1) is 6.83. The van der Waals surface area contributed by atoms with Crippen LogP contribution in [-0.2, 0) is 0 Å². The maximum Gasteiger partial charge on any atom is 0.132 e. The molecule has 4 heteroatoms. The Balaban J connectivity index is 2.18. The van der Waals surface area contributed by atoms with Gasteiger partial charge >= 0.3 is 0 Å². The Morgan fingerprint density at radius 3 is 2.93 bits per heavy atom. The molecule has 2 N–H and O–H groups in total. The third kappa shape index (κ3) is 1.85. The van der Waals surface area contributed by atoms with E-state index in [1.807, 2.05) is 6.07 Å². The summed E-state index contributed by atoms with van der Waals surface area (Å²) in [5.41, 5.74) is 5.69. The van der Waals surface area contributed by atoms with Crippen molar-refractivity contribution in [3.63, 3.8) is 0 Å². The molecule has 0 amide bonds. The van der Waals surface area contributed by atoms with Crippen molar-refractivity contribution in [3.8, 4) is 0 Å². The van der Waals surface area contributed by atoms with E-state index in [0.29, 0.717) is 18.6 Å². The molecule has 0 radical (unpaired) electrons. The van der Waals surface area contributed by atoms with Crippen LogP contribution in [0, 0.1) is 0 Å². The molecule has 14 heavy (non-hydrogen) atoms. The lowest BCUT2D eigenvalue weighted by Gasteiger charge is -2.29. The summed E-state index contributed by atoms with van der Waals surface area (Å²) in [6.07, 6.45) is 5.89. The number of nitrogens with two attached hydrogens (primary N) is 1. The zero-order valence-electron chi connectivity index (χ0n) is 8.43. The van der Waals surface area contributed by atoms with E-state index in [1.54, 1.807) is 12.5 Å². The minimum atomic E-state index is 0.359. The number of hydrogen-bond acceptors (Lipinski definition) is 4. The highest BCUT2D eigenvalue weighted by atomic mass is 15.3. The Labute approximate surface area is 84.2 Å². The molecule has 1 atom stereocenters. The number of anilines is 1. The highest BCUT2D eigenvalue weighted by molar-refractivity contribution is 5.41. The zero-order valence-corrected chi connectivity index (χ0v) is 8.43. The average molecular weight is 192 g/mol. The molecule has 1 heterocycles. The molecule has 0 aromatic carbocycles. The van der Waals surface area contributed by atoms with Crippen LogP contribution in [0.1, 0.15) is 19.8 Å². The van der Waals surface area contributed by atoms with Crippen molar-refractivity contribution in [1.82, 2.24) is 9.97 Å². The van der Waals surface area contributed by atoms with Crippen molar-refractivity contribution in [3.05, 3.63) is 18.6 Å². The predicted octanol–water partition coefficient (Wildman–Crippen LogP) is 0.793. The molecule has 1 saturated carbocycles. The summed E-state index contributed by atoms with van der Waals surface area (Å²) in [6, 6.07) is 2.95. The standard InChI is InChI=1S/C10H16N4/c1-8(6-11)14(9-2-3-9)10-4-5-12-7-13-10/h4-5,7-9H,2-3,6,11H2,1H3. The first kappa shape index (κ1) is 9.40. The van der Waals surface area contributed by atoms with Gasteiger partial charge in [-0.1, -0.05) is 0 Å². The van der Waals surface area contributed by atoms with Gasteiger partial charge in [0.25, 0.3) is 0 Å². The fourth-order valence-corrected chi connectivity index (χ4v) is 1.68. The molecule has 0 bridgehead atoms. The first-order valence-corrected chi connectivity index (χ1v) is 5.07. The van der Waals surface area contributed by atoms with Crippen LogP contribution in [0.2, 0.25) is 0 Å². The molecule has 1 fully saturated rings. The molecule has 1 unspecified atom stereocenters. The Kier molecular flexibility index (Phi) is 2.63. The van der Waals surface area contributed by atoms with E-state index in [-0.39, 0.29) is 0 Å². The highest BCUT2D eigenvalue weighted by Gasteiger charge is 2.32. The van der Waals surface area contributed by atoms with Gasteiger partial charge in [-0.25, -0.2) is 9.97 Å². The van der Waals surface area contributed by atoms with Crippen molar-refractivity contribution in [2.75, 3.05) is 11.4 Å². The molecule has 0 saturated heterocycles. The van der Waals surface area contributed by atoms with Crippen LogP contribution in [0.25, 0.3) is 0 Å². The third-order valence-electron chi connectivity index (χ3n) is 2.59. The van der Waals surface area contributed by atoms with Crippen LogP contribution in [0.3, 0.4) is 0 Å². The summed E-state index contributed by atoms with van der Waals surface area (Å²) in [6.45, 7) is 2.81. The van der Waals surface area contributed by atoms with Crippen LogP contribution >= 0.6 is 0 Å². The van der Waals surface area contributed by atoms with E-state index < -0.39 is 0 Å². The monoisotopic (exact) mass is 192 g/mol. The minimum absolute atomic E-state index is 0.359. The van der Waals surface area contributed by atoms with Gasteiger partial charge in [-0.05, 0) is 25.8 Å². The fourth-order valence-electron chi connectivity index (χ4n) is 1.68. The first-order valence-electron chi connectivity index (χ1n) is 5.07. The average Bonchev–Trinajstić information content (AvgIpc) is 3.04. The van der Waals surface area contributed by atoms with Gasteiger partial charge in [-0.2, -0.15) is 0 Å². The second-order valence-electron chi connectivity index (χ2n) is 3.79. The van der Waals surface area contributed by atoms with E-state index in [9.17, 15) is 0 Å². The van der Waals surface area contributed by atoms with Crippen LogP contribution in [0.15, 0.2) is 18.6 Å². The summed E-state index contributed by atoms with van der Waals surface area (Å²) in [4.78, 5) is 10.5. The molecule has 2 rings (SSSR count). The summed E-state index contributed by atoms with van der Waals surface area (Å²) in [5.74, 6) is 1.00. The SMILES string of the molecule is CC(CN)N(c1ccncn1)C1CC1. The molecule has 0 spiro atoms. The molecule has 0 aliphatic heterocycles. The number of rotatable bonds is 4. The van der Waals surface area contributed by atoms with Gasteiger partial charge in [0.15, 0.2) is 0 Å². The Morgan fingerprint density at radius 2 is 2.43 bits per heavy atom. The van der Waals surface area contributed by atoms with Crippen molar-refractivity contribution in [1.29, 1.82) is 0 Å². The van der Waals surface area contributed by atoms with Crippen molar-refractivity contribution in [2.24, 2.45) is 5.73 Å². The lowest BCUT2D eigenvalue weighted by atomic mass is 10.2. The molecule has 1 aromatic rings. The van der Waals surface area contributed by atoms with E-state index in [1.165, 1.54) is 12.8 Å². The second kappa shape index (κ2) is 3.92. The van der Waals surface area contributed by atoms with Gasteiger partial charge in [-0.15, -0.1) is 0 Å². The largest absolute Gasteiger partial charge is 0.350 e. The van der Waals surface area contributed by atoms with E-state index in [2.05, 4.69) is 21.8 Å². The summed E-state index contributed by atoms with van der Waals surface area (Å²) in [5, 5.41) is 0. The number of hydrogen-bond donors (Lipinski definition) is 1. The predicted molar refractivity (Wildman–Crippen MR) is 56.0 cm³/mol. The van der Waals surface area contributed by atoms with Crippen molar-refractivity contribution >= 4 is 5.82 Å². The molecule has 1 aliphatic rings. The Bertz CT molecular complexity index is 283. The topological polar surface area (TPSA) is 55.0 Å². The lowest BCUT2D eigenvalue weighted by Crippen LogP contribution is -2.40. The maximum atomic E-state index is 5.69.